The first-order chi connectivity index (χ1) is 57.0. The van der Waals surface area contributed by atoms with Gasteiger partial charge in [0, 0.05) is 58.2 Å². The van der Waals surface area contributed by atoms with Gasteiger partial charge in [0.05, 0.1) is 26.2 Å². The Labute approximate surface area is 698 Å². The van der Waals surface area contributed by atoms with Crippen molar-refractivity contribution in [1.82, 2.24) is 69.1 Å². The van der Waals surface area contributed by atoms with Gasteiger partial charge < -0.3 is 108 Å². The van der Waals surface area contributed by atoms with E-state index in [9.17, 15) is 57.8 Å². The predicted molar refractivity (Wildman–Crippen MR) is 443 cm³/mol. The first-order valence-electron chi connectivity index (χ1n) is 39.2. The van der Waals surface area contributed by atoms with Gasteiger partial charge in [0.1, 0.15) is 71.7 Å². The fraction of sp³-hybridized carbons (Fsp3) is 0.451. The molecule has 17 amide bonds. The highest BCUT2D eigenvalue weighted by atomic mass is 32.2. The third kappa shape index (κ3) is 32.4. The molecule has 6 rings (SSSR count). The van der Waals surface area contributed by atoms with E-state index in [1.165, 1.54) is 21.0 Å². The maximum absolute atomic E-state index is 15.7. The van der Waals surface area contributed by atoms with Gasteiger partial charge in [0.25, 0.3) is 0 Å². The lowest BCUT2D eigenvalue weighted by molar-refractivity contribution is -0.138. The Morgan fingerprint density at radius 3 is 1.73 bits per heavy atom. The van der Waals surface area contributed by atoms with E-state index in [0.717, 1.165) is 47.5 Å². The molecule has 1 aliphatic rings. The summed E-state index contributed by atoms with van der Waals surface area (Å²) in [6, 6.07) is 18.1. The average molecular weight is 1680 g/mol. The minimum absolute atomic E-state index is 0.129. The molecule has 5 aromatic rings. The van der Waals surface area contributed by atoms with E-state index in [-0.39, 0.29) is 82.5 Å². The second kappa shape index (κ2) is 48.3. The number of carbonyl (C=O) groups is 17. The highest BCUT2D eigenvalue weighted by molar-refractivity contribution is 7.99. The SMILES string of the molecule is COc1ccc(C[C@H](NC(=O)[C@@H]2CSCC[C@H](NC(C)=O)C(=O)N[C@@H](CCC(N)=O)C(=O)N[C@@H]([C@@H](C)O)C(=O)N[C@@H](Cc3ccc(-c4ccccc4)cc3)C(=O)N[C@@H](CCC(N)=O)C(=O)N2)C(=O)N[C@@H](Cc2ccc3ccccc3c2)C(=O)N[C@@](C)(CCCCN)C(=O)N[C@@H](CCCCNC(C)=O)C(=O)N[C@@H](CC(N)=O)C(=O)NCC(N)=O)cc1. The number of unbranched alkanes of at least 4 members (excludes halogenated alkanes) is 2. The Morgan fingerprint density at radius 1 is 0.550 bits per heavy atom. The van der Waals surface area contributed by atoms with Gasteiger partial charge in [-0.05, 0) is 135 Å². The molecule has 1 aliphatic heterocycles. The number of fused-ring (bicyclic) bond motifs is 1. The molecule has 37 nitrogen and oxygen atoms in total. The fourth-order valence-electron chi connectivity index (χ4n) is 12.9. The summed E-state index contributed by atoms with van der Waals surface area (Å²) in [5.41, 5.74) is 28.8. The topological polar surface area (TPSA) is 606 Å². The Balaban J connectivity index is 1.45. The van der Waals surface area contributed by atoms with E-state index < -0.39 is 211 Å². The van der Waals surface area contributed by atoms with Gasteiger partial charge in [-0.25, -0.2) is 0 Å². The molecule has 38 heteroatoms. The van der Waals surface area contributed by atoms with Crippen molar-refractivity contribution in [2.45, 2.75) is 196 Å². The predicted octanol–water partition coefficient (Wildman–Crippen LogP) is -2.75. The van der Waals surface area contributed by atoms with Gasteiger partial charge in [-0.3, -0.25) is 81.5 Å². The lowest BCUT2D eigenvalue weighted by Gasteiger charge is -2.34. The van der Waals surface area contributed by atoms with E-state index in [1.807, 2.05) is 48.5 Å². The first-order valence-corrected chi connectivity index (χ1v) is 40.4. The van der Waals surface area contributed by atoms with Crippen LogP contribution in [-0.2, 0) is 101 Å². The van der Waals surface area contributed by atoms with Crippen LogP contribution in [0, 0.1) is 0 Å². The highest BCUT2D eigenvalue weighted by Crippen LogP contribution is 2.24. The molecule has 1 saturated heterocycles. The number of nitrogens with one attached hydrogen (secondary N) is 13. The lowest BCUT2D eigenvalue weighted by atomic mass is 9.91. The van der Waals surface area contributed by atoms with Gasteiger partial charge >= 0.3 is 0 Å². The molecule has 0 saturated carbocycles. The summed E-state index contributed by atoms with van der Waals surface area (Å²) in [5, 5.41) is 46.2. The van der Waals surface area contributed by atoms with E-state index in [1.54, 1.807) is 72.8 Å². The zero-order valence-electron chi connectivity index (χ0n) is 67.6. The monoisotopic (exact) mass is 1680 g/mol. The standard InChI is InChI=1S/C82H110N18O19S/c1-46(101)70-80(117)96-62(40-49-20-25-54(26-21-49)52-15-7-6-8-16-52)76(113)92-58(30-32-66(84)104)73(110)97-65(45-120-38-34-60(90-48(3)103)74(111)91-59(75(112)99-70)31-33-67(85)105)78(115)93-61(41-50-23-28-56(119-5)29-24-50)77(114)94-63(42-51-22-27-53-17-9-10-18-55(53)39-51)79(116)100-82(4,35-12-13-36-83)81(118)98-57(19-11-14-37-88-47(2)102)72(109)95-64(43-68(86)106)71(108)89-44-69(87)107/h6-10,15-18,20-29,39,46,57-65,70,101H,11-14,19,30-38,40-45,83H2,1-5H3,(H2,84,104)(H2,85,105)(H2,86,106)(H2,87,107)(H,88,102)(H,89,108)(H,90,103)(H,91,111)(H,92,113)(H,93,115)(H,94,114)(H,95,109)(H,96,117)(H,97,110)(H,98,118)(H,99,112)(H,100,116)/t46-,57+,58+,59+,60+,61+,62+,63+,64+,65+,70+,82+/m1/s1. The lowest BCUT2D eigenvalue weighted by Crippen LogP contribution is -2.64. The second-order valence-corrected chi connectivity index (χ2v) is 30.6. The Bertz CT molecular complexity index is 4450. The number of aliphatic hydroxyl groups is 1. The van der Waals surface area contributed by atoms with Crippen LogP contribution in [-0.4, -0.2) is 216 Å². The molecule has 1 heterocycles. The van der Waals surface area contributed by atoms with Gasteiger partial charge in [-0.1, -0.05) is 109 Å². The van der Waals surface area contributed by atoms with Gasteiger partial charge in [0.2, 0.25) is 100 Å². The van der Waals surface area contributed by atoms with Crippen molar-refractivity contribution in [3.05, 3.63) is 138 Å². The molecule has 0 aliphatic carbocycles. The maximum atomic E-state index is 15.7. The second-order valence-electron chi connectivity index (χ2n) is 29.4. The van der Waals surface area contributed by atoms with Gasteiger partial charge in [-0.15, -0.1) is 0 Å². The van der Waals surface area contributed by atoms with Crippen LogP contribution < -0.4 is 103 Å². The summed E-state index contributed by atoms with van der Waals surface area (Å²) in [7, 11) is 1.42. The number of aliphatic hydroxyl groups excluding tert-OH is 1. The molecule has 1 fully saturated rings. The zero-order valence-corrected chi connectivity index (χ0v) is 68.4. The quantitative estimate of drug-likeness (QED) is 0.0177. The van der Waals surface area contributed by atoms with Crippen molar-refractivity contribution < 1.29 is 91.4 Å². The van der Waals surface area contributed by atoms with Gasteiger partial charge in [0.15, 0.2) is 0 Å². The number of amides is 17. The highest BCUT2D eigenvalue weighted by Gasteiger charge is 2.42. The van der Waals surface area contributed by atoms with E-state index in [4.69, 9.17) is 33.4 Å². The molecule has 12 atom stereocenters. The van der Waals surface area contributed by atoms with E-state index in [0.29, 0.717) is 28.9 Å². The number of hydrogen-bond donors (Lipinski definition) is 19. The van der Waals surface area contributed by atoms with Crippen LogP contribution in [0.5, 0.6) is 5.75 Å². The molecule has 120 heavy (non-hydrogen) atoms. The summed E-state index contributed by atoms with van der Waals surface area (Å²) in [4.78, 5) is 237. The minimum Gasteiger partial charge on any atom is -0.497 e. The van der Waals surface area contributed by atoms with Crippen LogP contribution in [0.1, 0.15) is 121 Å². The molecule has 0 unspecified atom stereocenters. The fourth-order valence-corrected chi connectivity index (χ4v) is 14.0. The van der Waals surface area contributed by atoms with Gasteiger partial charge in [-0.2, -0.15) is 11.8 Å². The summed E-state index contributed by atoms with van der Waals surface area (Å²) < 4.78 is 5.42. The maximum Gasteiger partial charge on any atom is 0.246 e. The molecule has 0 bridgehead atoms. The number of nitrogens with two attached hydrogens (primary N) is 5. The summed E-state index contributed by atoms with van der Waals surface area (Å²) in [6.45, 7) is 4.52. The molecule has 24 N–H and O–H groups in total. The van der Waals surface area contributed by atoms with Crippen LogP contribution >= 0.6 is 11.8 Å². The minimum atomic E-state index is -2.00. The molecular formula is C82H110N18O19S. The van der Waals surface area contributed by atoms with Crippen LogP contribution in [0.4, 0.5) is 0 Å². The summed E-state index contributed by atoms with van der Waals surface area (Å²) >= 11 is 0.934. The molecule has 0 spiro atoms. The van der Waals surface area contributed by atoms with Crippen LogP contribution in [0.15, 0.2) is 121 Å². The smallest absolute Gasteiger partial charge is 0.246 e. The van der Waals surface area contributed by atoms with E-state index >= 15 is 28.8 Å². The Morgan fingerprint density at radius 2 is 1.12 bits per heavy atom. The molecular weight excluding hydrogens is 1570 g/mol. The normalized spacial score (nSPS) is 18.6. The molecule has 648 valence electrons. The Hall–Kier alpha value is -12.6. The Kier molecular flexibility index (Phi) is 38.8. The third-order valence-electron chi connectivity index (χ3n) is 19.5. The number of thioether (sulfide) groups is 1. The number of rotatable bonds is 40. The summed E-state index contributed by atoms with van der Waals surface area (Å²) in [6.07, 6.45) is -5.14. The average Bonchev–Trinajstić information content (AvgIpc) is 0.851. The molecule has 0 radical (unpaired) electrons. The van der Waals surface area contributed by atoms with Crippen molar-refractivity contribution >= 4 is 123 Å². The van der Waals surface area contributed by atoms with Crippen molar-refractivity contribution in [2.24, 2.45) is 28.7 Å². The van der Waals surface area contributed by atoms with Crippen LogP contribution in [0.25, 0.3) is 21.9 Å². The summed E-state index contributed by atoms with van der Waals surface area (Å²) in [5.74, 6) is -16.5. The van der Waals surface area contributed by atoms with Crippen LogP contribution in [0.3, 0.4) is 0 Å². The number of primary amides is 4. The largest absolute Gasteiger partial charge is 0.497 e. The van der Waals surface area contributed by atoms with Crippen molar-refractivity contribution in [3.63, 3.8) is 0 Å². The van der Waals surface area contributed by atoms with Crippen molar-refractivity contribution in [3.8, 4) is 16.9 Å². The molecule has 0 aromatic heterocycles. The first kappa shape index (κ1) is 96.3. The number of hydrogen-bond acceptors (Lipinski definition) is 21. The zero-order chi connectivity index (χ0) is 88.2. The number of ether oxygens (including phenoxy) is 1. The van der Waals surface area contributed by atoms with Crippen molar-refractivity contribution in [1.29, 1.82) is 0 Å². The van der Waals surface area contributed by atoms with Crippen molar-refractivity contribution in [2.75, 3.05) is 38.2 Å². The molecule has 5 aromatic carbocycles. The van der Waals surface area contributed by atoms with E-state index in [2.05, 4.69) is 69.1 Å². The number of carbonyl (C=O) groups excluding carboxylic acids is 17. The number of methoxy groups -OCH3 is 1. The number of benzene rings is 5. The third-order valence-corrected chi connectivity index (χ3v) is 20.6. The van der Waals surface area contributed by atoms with Crippen LogP contribution in [0.2, 0.25) is 0 Å².